The third-order valence-electron chi connectivity index (χ3n) is 8.66. The number of nitrogens with zero attached hydrogens (tertiary/aromatic N) is 1. The molecule has 2 aliphatic rings. The number of hydrogen-bond acceptors (Lipinski definition) is 6. The van der Waals surface area contributed by atoms with Crippen LogP contribution >= 0.6 is 0 Å². The van der Waals surface area contributed by atoms with Crippen molar-refractivity contribution in [1.29, 1.82) is 0 Å². The monoisotopic (exact) mass is 613 g/mol. The molecule has 1 aliphatic heterocycles. The van der Waals surface area contributed by atoms with Crippen LogP contribution in [0.4, 0.5) is 8.78 Å². The van der Waals surface area contributed by atoms with Crippen LogP contribution in [0.5, 0.6) is 5.75 Å². The molecule has 240 valence electrons. The fourth-order valence-electron chi connectivity index (χ4n) is 6.09. The summed E-state index contributed by atoms with van der Waals surface area (Å²) < 4.78 is 39.8. The fourth-order valence-corrected chi connectivity index (χ4v) is 6.09. The molecule has 0 radical (unpaired) electrons. The fraction of sp³-hybridized carbons (Fsp3) is 0.529. The molecule has 3 N–H and O–H groups in total. The number of hydrogen-bond donors (Lipinski definition) is 3. The highest BCUT2D eigenvalue weighted by molar-refractivity contribution is 5.88. The van der Waals surface area contributed by atoms with E-state index in [1.54, 1.807) is 14.2 Å². The number of benzene rings is 2. The molecule has 0 aromatic heterocycles. The Kier molecular flexibility index (Phi) is 11.9. The second kappa shape index (κ2) is 15.6. The van der Waals surface area contributed by atoms with Crippen molar-refractivity contribution < 1.29 is 33.0 Å². The second-order valence-corrected chi connectivity index (χ2v) is 11.9. The van der Waals surface area contributed by atoms with Gasteiger partial charge in [-0.2, -0.15) is 0 Å². The van der Waals surface area contributed by atoms with Crippen molar-refractivity contribution in [3.63, 3.8) is 0 Å². The first-order chi connectivity index (χ1) is 21.1. The number of β-amino-alcohol motifs (C(OH)–C–C–N with tert-alkyl or cyclic N) is 1. The zero-order valence-corrected chi connectivity index (χ0v) is 26.0. The molecule has 44 heavy (non-hydrogen) atoms. The predicted octanol–water partition coefficient (Wildman–Crippen LogP) is 4.77. The number of aliphatic hydroxyl groups excluding tert-OH is 1. The Labute approximate surface area is 258 Å². The molecule has 1 aliphatic carbocycles. The maximum Gasteiger partial charge on any atom is 0.243 e. The van der Waals surface area contributed by atoms with Crippen LogP contribution in [0.3, 0.4) is 0 Å². The van der Waals surface area contributed by atoms with E-state index >= 15 is 0 Å². The number of halogens is 2. The van der Waals surface area contributed by atoms with E-state index in [1.165, 1.54) is 17.0 Å². The number of fused-ring (bicyclic) bond motifs is 5. The van der Waals surface area contributed by atoms with Crippen LogP contribution in [0.15, 0.2) is 48.6 Å². The Morgan fingerprint density at radius 2 is 1.91 bits per heavy atom. The number of aliphatic hydroxyl groups is 1. The molecule has 1 unspecified atom stereocenters. The van der Waals surface area contributed by atoms with Gasteiger partial charge in [0.25, 0.3) is 0 Å². The van der Waals surface area contributed by atoms with Gasteiger partial charge < -0.3 is 30.1 Å². The maximum atomic E-state index is 14.1. The Balaban J connectivity index is 1.64. The minimum absolute atomic E-state index is 0.0167. The summed E-state index contributed by atoms with van der Waals surface area (Å²) in [5.41, 5.74) is 2.33. The topological polar surface area (TPSA) is 100 Å². The lowest BCUT2D eigenvalue weighted by atomic mass is 9.98. The van der Waals surface area contributed by atoms with Gasteiger partial charge in [-0.3, -0.25) is 9.59 Å². The van der Waals surface area contributed by atoms with E-state index in [9.17, 15) is 23.5 Å². The van der Waals surface area contributed by atoms with Gasteiger partial charge in [-0.1, -0.05) is 44.9 Å². The largest absolute Gasteiger partial charge is 0.497 e. The van der Waals surface area contributed by atoms with Gasteiger partial charge in [0.2, 0.25) is 11.8 Å². The molecule has 2 aromatic carbocycles. The van der Waals surface area contributed by atoms with Gasteiger partial charge in [0.1, 0.15) is 23.4 Å². The molecule has 8 nitrogen and oxygen atoms in total. The smallest absolute Gasteiger partial charge is 0.243 e. The van der Waals surface area contributed by atoms with Crippen LogP contribution in [0, 0.1) is 17.6 Å². The van der Waals surface area contributed by atoms with Crippen molar-refractivity contribution in [2.24, 2.45) is 5.92 Å². The number of methoxy groups -OCH3 is 1. The average molecular weight is 614 g/mol. The number of ether oxygens (including phenoxy) is 2. The Hall–Kier alpha value is -3.34. The number of likely N-dealkylation sites (N-methyl/N-ethyl adjacent to an activating group) is 1. The lowest BCUT2D eigenvalue weighted by Gasteiger charge is -2.32. The summed E-state index contributed by atoms with van der Waals surface area (Å²) in [6.45, 7) is 4.33. The Morgan fingerprint density at radius 3 is 2.61 bits per heavy atom. The number of rotatable bonds is 8. The van der Waals surface area contributed by atoms with Gasteiger partial charge in [0, 0.05) is 31.6 Å². The highest BCUT2D eigenvalue weighted by atomic mass is 19.1. The number of carbonyl (C=O) groups is 2. The van der Waals surface area contributed by atoms with Crippen molar-refractivity contribution >= 4 is 11.8 Å². The van der Waals surface area contributed by atoms with E-state index in [1.807, 2.05) is 37.3 Å². The number of amides is 2. The van der Waals surface area contributed by atoms with Crippen molar-refractivity contribution in [2.45, 2.75) is 82.7 Å². The highest BCUT2D eigenvalue weighted by Gasteiger charge is 2.35. The van der Waals surface area contributed by atoms with E-state index in [-0.39, 0.29) is 43.4 Å². The molecule has 10 heteroatoms. The normalized spacial score (nSPS) is 25.6. The molecule has 1 heterocycles. The van der Waals surface area contributed by atoms with Gasteiger partial charge in [0.15, 0.2) is 0 Å². The second-order valence-electron chi connectivity index (χ2n) is 11.9. The minimum Gasteiger partial charge on any atom is -0.497 e. The molecule has 2 aromatic rings. The standard InChI is InChI=1S/C34H45F2N3O5/c1-5-6-9-21(2)34(42)39(3)30-10-7-8-13-44-32-19-28(27-18-25(43-4)11-12-26(27)32)37-20-31(40)29(38-33(30)41)16-22-14-23(35)17-24(36)15-22/h7-8,11-12,14-15,17-18,21,28-32,37,40H,5-6,9-10,13,16,19-20H2,1-4H3,(H,38,41)/b8-7+/t21?,28-,29+,30-,31-,32+/m1/s1. The van der Waals surface area contributed by atoms with E-state index in [0.717, 1.165) is 30.0 Å². The Bertz CT molecular complexity index is 1300. The first-order valence-corrected chi connectivity index (χ1v) is 15.5. The van der Waals surface area contributed by atoms with Crippen LogP contribution in [-0.4, -0.2) is 67.3 Å². The van der Waals surface area contributed by atoms with E-state index in [2.05, 4.69) is 17.6 Å². The molecule has 2 bridgehead atoms. The van der Waals surface area contributed by atoms with Gasteiger partial charge in [-0.25, -0.2) is 8.78 Å². The zero-order valence-electron chi connectivity index (χ0n) is 26.0. The third-order valence-corrected chi connectivity index (χ3v) is 8.66. The average Bonchev–Trinajstić information content (AvgIpc) is 3.34. The Morgan fingerprint density at radius 1 is 1.16 bits per heavy atom. The van der Waals surface area contributed by atoms with Crippen molar-refractivity contribution in [2.75, 3.05) is 27.3 Å². The van der Waals surface area contributed by atoms with Crippen LogP contribution < -0.4 is 15.4 Å². The van der Waals surface area contributed by atoms with Gasteiger partial charge in [-0.15, -0.1) is 0 Å². The zero-order chi connectivity index (χ0) is 31.8. The SMILES string of the molecule is CCCCC(C)C(=O)N(C)[C@@H]1C/C=C/CO[C@H]2C[C@@H](NC[C@@H](O)[C@H](Cc3cc(F)cc(F)c3)NC1=O)c1cc(OC)ccc12. The summed E-state index contributed by atoms with van der Waals surface area (Å²) in [6, 6.07) is 7.09. The molecule has 0 saturated heterocycles. The molecular weight excluding hydrogens is 568 g/mol. The first-order valence-electron chi connectivity index (χ1n) is 15.5. The van der Waals surface area contributed by atoms with Crippen molar-refractivity contribution in [1.82, 2.24) is 15.5 Å². The van der Waals surface area contributed by atoms with Crippen molar-refractivity contribution in [3.05, 3.63) is 76.9 Å². The van der Waals surface area contributed by atoms with Crippen LogP contribution in [0.2, 0.25) is 0 Å². The predicted molar refractivity (Wildman–Crippen MR) is 164 cm³/mol. The van der Waals surface area contributed by atoms with E-state index in [4.69, 9.17) is 9.47 Å². The van der Waals surface area contributed by atoms with Crippen LogP contribution in [0.25, 0.3) is 0 Å². The molecule has 0 fully saturated rings. The van der Waals surface area contributed by atoms with Crippen molar-refractivity contribution in [3.8, 4) is 5.75 Å². The summed E-state index contributed by atoms with van der Waals surface area (Å²) in [5.74, 6) is -1.64. The van der Waals surface area contributed by atoms with Gasteiger partial charge >= 0.3 is 0 Å². The molecule has 6 atom stereocenters. The molecule has 0 saturated carbocycles. The summed E-state index contributed by atoms with van der Waals surface area (Å²) in [4.78, 5) is 28.6. The lowest BCUT2D eigenvalue weighted by molar-refractivity contribution is -0.142. The quantitative estimate of drug-likeness (QED) is 0.371. The molecular formula is C34H45F2N3O5. The highest BCUT2D eigenvalue weighted by Crippen LogP contribution is 2.42. The molecule has 4 rings (SSSR count). The molecule has 0 spiro atoms. The number of carbonyl (C=O) groups excluding carboxylic acids is 2. The van der Waals surface area contributed by atoms with E-state index in [0.29, 0.717) is 30.8 Å². The summed E-state index contributed by atoms with van der Waals surface area (Å²) in [5, 5.41) is 17.8. The van der Waals surface area contributed by atoms with Gasteiger partial charge in [0.05, 0.1) is 32.0 Å². The first kappa shape index (κ1) is 33.6. The van der Waals surface area contributed by atoms with Crippen LogP contribution in [0.1, 0.15) is 74.8 Å². The lowest BCUT2D eigenvalue weighted by Crippen LogP contribution is -2.55. The minimum atomic E-state index is -1.12. The maximum absolute atomic E-state index is 14.1. The third kappa shape index (κ3) is 8.43. The summed E-state index contributed by atoms with van der Waals surface area (Å²) >= 11 is 0. The summed E-state index contributed by atoms with van der Waals surface area (Å²) in [6.07, 6.45) is 5.79. The van der Waals surface area contributed by atoms with Crippen LogP contribution in [-0.2, 0) is 20.7 Å². The molecule has 2 amide bonds. The number of unbranched alkanes of at least 4 members (excludes halogenated alkanes) is 1. The van der Waals surface area contributed by atoms with Gasteiger partial charge in [-0.05, 0) is 66.6 Å². The van der Waals surface area contributed by atoms with E-state index < -0.39 is 35.7 Å². The number of nitrogens with one attached hydrogen (secondary N) is 2. The summed E-state index contributed by atoms with van der Waals surface area (Å²) in [7, 11) is 3.22.